The van der Waals surface area contributed by atoms with Gasteiger partial charge in [0.25, 0.3) is 0 Å². The van der Waals surface area contributed by atoms with Gasteiger partial charge in [-0.05, 0) is 98.4 Å². The molecule has 0 fully saturated rings. The Morgan fingerprint density at radius 1 is 0.615 bits per heavy atom. The average Bonchev–Trinajstić information content (AvgIpc) is 3.70. The summed E-state index contributed by atoms with van der Waals surface area (Å²) in [4.78, 5) is 10.4. The van der Waals surface area contributed by atoms with Crippen molar-refractivity contribution in [1.82, 2.24) is 14.5 Å². The van der Waals surface area contributed by atoms with E-state index in [1.54, 1.807) is 12.1 Å². The number of aromatic hydroxyl groups is 1. The number of benzene rings is 7. The Morgan fingerprint density at radius 2 is 1.26 bits per heavy atom. The van der Waals surface area contributed by atoms with Crippen molar-refractivity contribution in [3.8, 4) is 78.6 Å². The Labute approximate surface area is 405 Å². The maximum atomic E-state index is 12.5. The van der Waals surface area contributed by atoms with E-state index in [0.29, 0.717) is 22.6 Å². The number of pyridine rings is 1. The standard InChI is InChI=1S/C60H56N3O.Pt/c1-38(2)40-23-25-43(26-24-40)44-27-28-61-54(35-44)48-32-46(42-19-14-11-15-20-42)31-47(33-48)51-21-16-22-55-56(51)62-58(52-36-49(59(4,5)6)37-53(57(52)64)60(7,8)9)63(55)50-30-39(3)29-45(34-50)41-17-12-10-13-18-41;/h10-32,34-38,64H,1-9H3;/q-1;/i3D3,38D;. The summed E-state index contributed by atoms with van der Waals surface area (Å²) in [5, 5.41) is 12.5. The molecule has 0 spiro atoms. The van der Waals surface area contributed by atoms with Gasteiger partial charge < -0.3 is 5.11 Å². The molecular formula is C60H56N3OPt-. The molecule has 0 aliphatic heterocycles. The summed E-state index contributed by atoms with van der Waals surface area (Å²) in [6, 6.07) is 56.0. The number of imidazole rings is 1. The van der Waals surface area contributed by atoms with Crippen molar-refractivity contribution in [2.45, 2.75) is 79.0 Å². The molecule has 7 aromatic carbocycles. The normalized spacial score (nSPS) is 13.1. The van der Waals surface area contributed by atoms with E-state index in [0.717, 1.165) is 78.0 Å². The number of phenols is 1. The molecule has 0 aliphatic rings. The van der Waals surface area contributed by atoms with E-state index in [9.17, 15) is 5.11 Å². The fraction of sp³-hybridized carbons (Fsp3) is 0.200. The number of aryl methyl sites for hydroxylation is 1. The van der Waals surface area contributed by atoms with Crippen molar-refractivity contribution in [1.29, 1.82) is 0 Å². The molecule has 0 saturated heterocycles. The number of phenolic OH excluding ortho intramolecular Hbond substituents is 1. The van der Waals surface area contributed by atoms with E-state index in [2.05, 4.69) is 96.1 Å². The molecule has 0 saturated carbocycles. The summed E-state index contributed by atoms with van der Waals surface area (Å²) >= 11 is 0. The van der Waals surface area contributed by atoms with Gasteiger partial charge in [-0.15, -0.1) is 23.8 Å². The number of hydrogen-bond acceptors (Lipinski definition) is 3. The van der Waals surface area contributed by atoms with Crippen molar-refractivity contribution in [2.75, 3.05) is 0 Å². The number of para-hydroxylation sites is 1. The minimum atomic E-state index is -2.41. The zero-order chi connectivity index (χ0) is 48.3. The number of rotatable bonds is 8. The Morgan fingerprint density at radius 3 is 1.89 bits per heavy atom. The Balaban J connectivity index is 0.00000642. The summed E-state index contributed by atoms with van der Waals surface area (Å²) in [6.07, 6.45) is 1.82. The zero-order valence-corrected chi connectivity index (χ0v) is 40.5. The molecule has 0 bridgehead atoms. The number of fused-ring (bicyclic) bond motifs is 1. The molecule has 0 aliphatic carbocycles. The van der Waals surface area contributed by atoms with Gasteiger partial charge in [0.1, 0.15) is 11.6 Å². The van der Waals surface area contributed by atoms with Gasteiger partial charge in [-0.2, -0.15) is 0 Å². The van der Waals surface area contributed by atoms with Crippen molar-refractivity contribution in [3.63, 3.8) is 0 Å². The van der Waals surface area contributed by atoms with Crippen LogP contribution in [-0.2, 0) is 31.9 Å². The van der Waals surface area contributed by atoms with Gasteiger partial charge in [-0.1, -0.05) is 187 Å². The third kappa shape index (κ3) is 9.15. The fourth-order valence-electron chi connectivity index (χ4n) is 8.51. The average molecular weight is 1030 g/mol. The molecule has 9 aromatic rings. The van der Waals surface area contributed by atoms with E-state index >= 15 is 0 Å². The summed E-state index contributed by atoms with van der Waals surface area (Å²) in [5.74, 6) is -0.0938. The van der Waals surface area contributed by atoms with Crippen LogP contribution in [0.2, 0.25) is 0 Å². The number of nitrogens with zero attached hydrogens (tertiary/aromatic N) is 3. The van der Waals surface area contributed by atoms with Gasteiger partial charge in [-0.25, -0.2) is 4.98 Å². The van der Waals surface area contributed by atoms with Crippen LogP contribution in [0.1, 0.15) is 89.0 Å². The van der Waals surface area contributed by atoms with Crippen molar-refractivity contribution < 1.29 is 31.7 Å². The van der Waals surface area contributed by atoms with Crippen LogP contribution in [0, 0.1) is 12.9 Å². The predicted octanol–water partition coefficient (Wildman–Crippen LogP) is 16.0. The summed E-state index contributed by atoms with van der Waals surface area (Å²) in [6.45, 7) is 14.1. The molecule has 65 heavy (non-hydrogen) atoms. The molecular weight excluding hydrogens is 974 g/mol. The Hall–Kier alpha value is -6.35. The maximum absolute atomic E-state index is 12.5. The first-order valence-electron chi connectivity index (χ1n) is 24.0. The van der Waals surface area contributed by atoms with E-state index < -0.39 is 18.2 Å². The van der Waals surface area contributed by atoms with Crippen LogP contribution in [0.3, 0.4) is 0 Å². The Kier molecular flexibility index (Phi) is 11.1. The van der Waals surface area contributed by atoms with Crippen LogP contribution in [0.15, 0.2) is 164 Å². The molecule has 0 unspecified atom stereocenters. The van der Waals surface area contributed by atoms with E-state index in [4.69, 9.17) is 15.5 Å². The summed E-state index contributed by atoms with van der Waals surface area (Å²) in [5.41, 5.74) is 13.6. The van der Waals surface area contributed by atoms with Gasteiger partial charge in [0, 0.05) is 49.7 Å². The van der Waals surface area contributed by atoms with Gasteiger partial charge in [0.2, 0.25) is 0 Å². The molecule has 2 aromatic heterocycles. The molecule has 0 radical (unpaired) electrons. The smallest absolute Gasteiger partial charge is 0.148 e. The molecule has 9 rings (SSSR count). The summed E-state index contributed by atoms with van der Waals surface area (Å²) in [7, 11) is 0. The van der Waals surface area contributed by atoms with E-state index in [-0.39, 0.29) is 37.8 Å². The number of hydrogen-bond donors (Lipinski definition) is 1. The van der Waals surface area contributed by atoms with E-state index in [1.165, 1.54) is 0 Å². The molecule has 4 nitrogen and oxygen atoms in total. The van der Waals surface area contributed by atoms with Gasteiger partial charge in [0.15, 0.2) is 0 Å². The van der Waals surface area contributed by atoms with Crippen LogP contribution in [-0.4, -0.2) is 19.6 Å². The van der Waals surface area contributed by atoms with Gasteiger partial charge >= 0.3 is 0 Å². The van der Waals surface area contributed by atoms with Crippen LogP contribution in [0.5, 0.6) is 5.75 Å². The molecule has 0 amide bonds. The van der Waals surface area contributed by atoms with Crippen molar-refractivity contribution in [3.05, 3.63) is 192 Å². The zero-order valence-electron chi connectivity index (χ0n) is 42.2. The van der Waals surface area contributed by atoms with Crippen LogP contribution < -0.4 is 0 Å². The monoisotopic (exact) mass is 1030 g/mol. The second-order valence-corrected chi connectivity index (χ2v) is 19.1. The largest absolute Gasteiger partial charge is 0.507 e. The second kappa shape index (κ2) is 17.9. The van der Waals surface area contributed by atoms with Crippen molar-refractivity contribution >= 4 is 11.0 Å². The SMILES string of the molecule is [2H]C([2H])([2H])c1cc(-c2ccccc2)cc(-n2c(-c3cc(C(C)(C)C)cc(C(C)(C)C)c3O)nc3c(-c4[c-]c(-c5cc(-c6ccc(C([2H])(C)C)cc6)ccn5)cc(-c5ccccc5)c4)cccc32)c1.[Pt]. The molecule has 0 atom stereocenters. The molecule has 2 heterocycles. The maximum Gasteiger partial charge on any atom is 0.148 e. The first-order chi connectivity index (χ1) is 32.1. The second-order valence-electron chi connectivity index (χ2n) is 19.1. The van der Waals surface area contributed by atoms with Gasteiger partial charge in [0.05, 0.1) is 16.6 Å². The quantitative estimate of drug-likeness (QED) is 0.154. The third-order valence-corrected chi connectivity index (χ3v) is 12.1. The molecule has 5 heteroatoms. The summed E-state index contributed by atoms with van der Waals surface area (Å²) < 4.78 is 36.4. The van der Waals surface area contributed by atoms with Crippen LogP contribution in [0.25, 0.3) is 83.9 Å². The predicted molar refractivity (Wildman–Crippen MR) is 268 cm³/mol. The number of aromatic nitrogens is 3. The molecule has 328 valence electrons. The van der Waals surface area contributed by atoms with Crippen molar-refractivity contribution in [2.24, 2.45) is 0 Å². The Bertz CT molecular complexity index is 3320. The first-order valence-corrected chi connectivity index (χ1v) is 22.0. The van der Waals surface area contributed by atoms with Gasteiger partial charge in [-0.3, -0.25) is 9.55 Å². The topological polar surface area (TPSA) is 50.9 Å². The minimum Gasteiger partial charge on any atom is -0.507 e. The third-order valence-electron chi connectivity index (χ3n) is 12.1. The van der Waals surface area contributed by atoms with Crippen LogP contribution in [0.4, 0.5) is 0 Å². The fourth-order valence-corrected chi connectivity index (χ4v) is 8.51. The molecule has 1 N–H and O–H groups in total. The van der Waals surface area contributed by atoms with Crippen LogP contribution >= 0.6 is 0 Å². The van der Waals surface area contributed by atoms with E-state index in [1.807, 2.05) is 122 Å². The minimum absolute atomic E-state index is 0. The first kappa shape index (κ1) is 40.2.